The molecular weight excluding hydrogens is 325 g/mol. The number of carbonyl (C=O) groups is 1. The summed E-state index contributed by atoms with van der Waals surface area (Å²) in [6.45, 7) is 0. The fourth-order valence-electron chi connectivity index (χ4n) is 2.42. The van der Waals surface area contributed by atoms with E-state index in [1.165, 1.54) is 28.9 Å². The Bertz CT molecular complexity index is 903. The summed E-state index contributed by atoms with van der Waals surface area (Å²) in [4.78, 5) is 10.9. The van der Waals surface area contributed by atoms with Crippen LogP contribution in [0, 0.1) is 0 Å². The number of hydrogen-bond donors (Lipinski definition) is 1. The molecule has 0 bridgehead atoms. The number of para-hydroxylation sites is 1. The summed E-state index contributed by atoms with van der Waals surface area (Å²) in [5.41, 5.74) is 1.70. The lowest BCUT2D eigenvalue weighted by atomic mass is 10.0. The van der Waals surface area contributed by atoms with Crippen LogP contribution in [-0.2, 0) is 11.2 Å². The van der Waals surface area contributed by atoms with E-state index in [9.17, 15) is 18.0 Å². The van der Waals surface area contributed by atoms with Crippen molar-refractivity contribution in [3.63, 3.8) is 0 Å². The standard InChI is InChI=1S/C16H11F3N2O3/c17-16(18,19)24-14-4-2-1-3-12(14)10-5-6-21-13(7-10)11(9-20-21)8-15(22)23/h1-7,9H,8H2,(H,22,23). The number of halogens is 3. The molecule has 0 saturated carbocycles. The number of carboxylic acid groups (broad SMARTS) is 1. The van der Waals surface area contributed by atoms with Gasteiger partial charge in [0.1, 0.15) is 5.75 Å². The molecule has 2 heterocycles. The third kappa shape index (κ3) is 3.32. The molecule has 0 atom stereocenters. The van der Waals surface area contributed by atoms with E-state index in [1.807, 2.05) is 0 Å². The number of aromatic nitrogens is 2. The number of pyridine rings is 1. The minimum atomic E-state index is -4.80. The summed E-state index contributed by atoms with van der Waals surface area (Å²) in [5.74, 6) is -1.34. The van der Waals surface area contributed by atoms with Crippen LogP contribution in [0.1, 0.15) is 5.56 Å². The molecule has 0 amide bonds. The highest BCUT2D eigenvalue weighted by Crippen LogP contribution is 2.34. The van der Waals surface area contributed by atoms with Crippen LogP contribution in [0.4, 0.5) is 13.2 Å². The Labute approximate surface area is 133 Å². The quantitative estimate of drug-likeness (QED) is 0.792. The number of fused-ring (bicyclic) bond motifs is 1. The summed E-state index contributed by atoms with van der Waals surface area (Å²) in [6, 6.07) is 8.93. The molecule has 0 fully saturated rings. The molecule has 0 aliphatic carbocycles. The van der Waals surface area contributed by atoms with Gasteiger partial charge < -0.3 is 9.84 Å². The molecule has 124 valence electrons. The van der Waals surface area contributed by atoms with Crippen LogP contribution in [0.5, 0.6) is 5.75 Å². The largest absolute Gasteiger partial charge is 0.573 e. The highest BCUT2D eigenvalue weighted by molar-refractivity contribution is 5.78. The van der Waals surface area contributed by atoms with E-state index >= 15 is 0 Å². The predicted octanol–water partition coefficient (Wildman–Crippen LogP) is 3.53. The molecule has 0 radical (unpaired) electrons. The van der Waals surface area contributed by atoms with E-state index in [0.717, 1.165) is 0 Å². The molecule has 0 aliphatic heterocycles. The summed E-state index contributed by atoms with van der Waals surface area (Å²) in [7, 11) is 0. The van der Waals surface area contributed by atoms with Crippen molar-refractivity contribution in [1.29, 1.82) is 0 Å². The van der Waals surface area contributed by atoms with Crippen molar-refractivity contribution in [2.45, 2.75) is 12.8 Å². The predicted molar refractivity (Wildman–Crippen MR) is 78.7 cm³/mol. The average molecular weight is 336 g/mol. The minimum absolute atomic E-state index is 0.229. The lowest BCUT2D eigenvalue weighted by molar-refractivity contribution is -0.274. The summed E-state index contributed by atoms with van der Waals surface area (Å²) in [6.07, 6.45) is -2.05. The van der Waals surface area contributed by atoms with E-state index in [0.29, 0.717) is 16.6 Å². The van der Waals surface area contributed by atoms with E-state index in [2.05, 4.69) is 9.84 Å². The van der Waals surface area contributed by atoms with Gasteiger partial charge in [0.05, 0.1) is 18.1 Å². The van der Waals surface area contributed by atoms with Crippen molar-refractivity contribution in [2.75, 3.05) is 0 Å². The molecule has 0 spiro atoms. The molecule has 1 N–H and O–H groups in total. The lowest BCUT2D eigenvalue weighted by Crippen LogP contribution is -2.17. The maximum absolute atomic E-state index is 12.5. The number of aliphatic carboxylic acids is 1. The summed E-state index contributed by atoms with van der Waals surface area (Å²) < 4.78 is 43.2. The van der Waals surface area contributed by atoms with Gasteiger partial charge in [-0.25, -0.2) is 4.52 Å². The van der Waals surface area contributed by atoms with E-state index in [4.69, 9.17) is 5.11 Å². The molecule has 1 aromatic carbocycles. The van der Waals surface area contributed by atoms with Crippen LogP contribution in [0.2, 0.25) is 0 Å². The second-order valence-corrected chi connectivity index (χ2v) is 5.03. The normalized spacial score (nSPS) is 11.6. The number of ether oxygens (including phenoxy) is 1. The van der Waals surface area contributed by atoms with Crippen LogP contribution in [0.25, 0.3) is 16.6 Å². The number of carboxylic acids is 1. The Balaban J connectivity index is 2.08. The Morgan fingerprint density at radius 2 is 2.00 bits per heavy atom. The zero-order valence-corrected chi connectivity index (χ0v) is 12.1. The first-order chi connectivity index (χ1) is 11.3. The lowest BCUT2D eigenvalue weighted by Gasteiger charge is -2.13. The third-order valence-corrected chi connectivity index (χ3v) is 3.37. The molecule has 0 aliphatic rings. The average Bonchev–Trinajstić information content (AvgIpc) is 2.88. The molecule has 0 unspecified atom stereocenters. The minimum Gasteiger partial charge on any atom is -0.481 e. The van der Waals surface area contributed by atoms with Gasteiger partial charge in [0.2, 0.25) is 0 Å². The first-order valence-corrected chi connectivity index (χ1v) is 6.87. The Morgan fingerprint density at radius 1 is 1.25 bits per heavy atom. The molecular formula is C16H11F3N2O3. The number of rotatable bonds is 4. The first-order valence-electron chi connectivity index (χ1n) is 6.87. The van der Waals surface area contributed by atoms with Gasteiger partial charge in [-0.15, -0.1) is 13.2 Å². The molecule has 8 heteroatoms. The maximum Gasteiger partial charge on any atom is 0.573 e. The highest BCUT2D eigenvalue weighted by atomic mass is 19.4. The van der Waals surface area contributed by atoms with Crippen LogP contribution in [0.15, 0.2) is 48.8 Å². The summed E-state index contributed by atoms with van der Waals surface area (Å²) >= 11 is 0. The van der Waals surface area contributed by atoms with Crippen molar-refractivity contribution in [3.05, 3.63) is 54.4 Å². The van der Waals surface area contributed by atoms with Crippen molar-refractivity contribution in [2.24, 2.45) is 0 Å². The van der Waals surface area contributed by atoms with Crippen LogP contribution in [0.3, 0.4) is 0 Å². The third-order valence-electron chi connectivity index (χ3n) is 3.37. The van der Waals surface area contributed by atoms with E-state index in [1.54, 1.807) is 24.4 Å². The fourth-order valence-corrected chi connectivity index (χ4v) is 2.42. The van der Waals surface area contributed by atoms with Crippen LogP contribution in [-0.4, -0.2) is 27.1 Å². The second kappa shape index (κ2) is 5.88. The zero-order valence-electron chi connectivity index (χ0n) is 12.1. The topological polar surface area (TPSA) is 63.8 Å². The van der Waals surface area contributed by atoms with E-state index in [-0.39, 0.29) is 17.7 Å². The molecule has 3 rings (SSSR count). The number of hydrogen-bond acceptors (Lipinski definition) is 3. The number of nitrogens with zero attached hydrogens (tertiary/aromatic N) is 2. The van der Waals surface area contributed by atoms with Gasteiger partial charge in [0.15, 0.2) is 0 Å². The number of benzene rings is 1. The Morgan fingerprint density at radius 3 is 2.71 bits per heavy atom. The van der Waals surface area contributed by atoms with Gasteiger partial charge in [-0.2, -0.15) is 5.10 Å². The molecule has 5 nitrogen and oxygen atoms in total. The highest BCUT2D eigenvalue weighted by Gasteiger charge is 2.32. The molecule has 3 aromatic rings. The van der Waals surface area contributed by atoms with Gasteiger partial charge in [-0.1, -0.05) is 18.2 Å². The smallest absolute Gasteiger partial charge is 0.481 e. The van der Waals surface area contributed by atoms with Gasteiger partial charge in [-0.3, -0.25) is 4.79 Å². The number of alkyl halides is 3. The van der Waals surface area contributed by atoms with E-state index < -0.39 is 12.3 Å². The molecule has 24 heavy (non-hydrogen) atoms. The van der Waals surface area contributed by atoms with Gasteiger partial charge in [0, 0.05) is 17.3 Å². The molecule has 0 saturated heterocycles. The fraction of sp³-hybridized carbons (Fsp3) is 0.125. The Kier molecular flexibility index (Phi) is 3.88. The first kappa shape index (κ1) is 15.9. The zero-order chi connectivity index (χ0) is 17.3. The van der Waals surface area contributed by atoms with Crippen LogP contribution >= 0.6 is 0 Å². The van der Waals surface area contributed by atoms with Crippen molar-refractivity contribution in [3.8, 4) is 16.9 Å². The van der Waals surface area contributed by atoms with Crippen molar-refractivity contribution >= 4 is 11.5 Å². The van der Waals surface area contributed by atoms with Crippen LogP contribution < -0.4 is 4.74 Å². The SMILES string of the molecule is O=C(O)Cc1cnn2ccc(-c3ccccc3OC(F)(F)F)cc12. The summed E-state index contributed by atoms with van der Waals surface area (Å²) in [5, 5.41) is 13.0. The van der Waals surface area contributed by atoms with Gasteiger partial charge >= 0.3 is 12.3 Å². The van der Waals surface area contributed by atoms with Crippen molar-refractivity contribution in [1.82, 2.24) is 9.61 Å². The molecule has 2 aromatic heterocycles. The van der Waals surface area contributed by atoms with Gasteiger partial charge in [-0.05, 0) is 23.8 Å². The second-order valence-electron chi connectivity index (χ2n) is 5.03. The maximum atomic E-state index is 12.5. The Hall–Kier alpha value is -3.03. The van der Waals surface area contributed by atoms with Crippen molar-refractivity contribution < 1.29 is 27.8 Å². The monoisotopic (exact) mass is 336 g/mol. The van der Waals surface area contributed by atoms with Gasteiger partial charge in [0.25, 0.3) is 0 Å².